The van der Waals surface area contributed by atoms with Gasteiger partial charge in [-0.05, 0) is 80.8 Å². The van der Waals surface area contributed by atoms with E-state index in [0.717, 1.165) is 55.9 Å². The third-order valence-electron chi connectivity index (χ3n) is 6.76. The smallest absolute Gasteiger partial charge is 0.243 e. The number of amides is 1. The largest absolute Gasteiger partial charge is 0.317 e. The first-order valence-corrected chi connectivity index (χ1v) is 12.1. The molecule has 3 aliphatic rings. The van der Waals surface area contributed by atoms with Crippen LogP contribution < -0.4 is 10.2 Å². The summed E-state index contributed by atoms with van der Waals surface area (Å²) in [5.41, 5.74) is 1.79. The second kappa shape index (κ2) is 8.51. The Kier molecular flexibility index (Phi) is 6.04. The summed E-state index contributed by atoms with van der Waals surface area (Å²) in [4.78, 5) is 13.1. The molecular weight excluding hydrogens is 374 g/mol. The molecule has 0 aliphatic carbocycles. The van der Waals surface area contributed by atoms with Gasteiger partial charge in [-0.25, -0.2) is 8.42 Å². The molecule has 4 rings (SSSR count). The van der Waals surface area contributed by atoms with Gasteiger partial charge >= 0.3 is 0 Å². The number of sulfonamides is 1. The second-order valence-electron chi connectivity index (χ2n) is 8.46. The van der Waals surface area contributed by atoms with Gasteiger partial charge in [-0.1, -0.05) is 12.8 Å². The van der Waals surface area contributed by atoms with E-state index in [2.05, 4.69) is 5.32 Å². The molecule has 0 radical (unpaired) electrons. The van der Waals surface area contributed by atoms with E-state index >= 15 is 0 Å². The molecule has 0 saturated carbocycles. The molecule has 6 nitrogen and oxygen atoms in total. The molecule has 0 spiro atoms. The summed E-state index contributed by atoms with van der Waals surface area (Å²) in [6.45, 7) is 4.16. The molecule has 3 heterocycles. The highest BCUT2D eigenvalue weighted by molar-refractivity contribution is 7.89. The van der Waals surface area contributed by atoms with Crippen LogP contribution in [0.5, 0.6) is 0 Å². The number of anilines is 1. The Morgan fingerprint density at radius 2 is 1.68 bits per heavy atom. The SMILES string of the molecule is O=CN1CCc2cc(S(=O)(=O)N3CCC(CCC4CCNCC4)CC3)ccc21. The minimum absolute atomic E-state index is 0.368. The summed E-state index contributed by atoms with van der Waals surface area (Å²) >= 11 is 0. The predicted molar refractivity (Wildman–Crippen MR) is 110 cm³/mol. The van der Waals surface area contributed by atoms with Crippen molar-refractivity contribution >= 4 is 22.1 Å². The van der Waals surface area contributed by atoms with Crippen LogP contribution in [0.1, 0.15) is 44.1 Å². The Balaban J connectivity index is 1.34. The lowest BCUT2D eigenvalue weighted by Crippen LogP contribution is -2.38. The van der Waals surface area contributed by atoms with Gasteiger partial charge in [0.05, 0.1) is 4.90 Å². The molecule has 7 heteroatoms. The lowest BCUT2D eigenvalue weighted by molar-refractivity contribution is -0.107. The number of benzene rings is 1. The average Bonchev–Trinajstić information content (AvgIpc) is 3.16. The van der Waals surface area contributed by atoms with Crippen molar-refractivity contribution in [3.8, 4) is 0 Å². The highest BCUT2D eigenvalue weighted by atomic mass is 32.2. The molecule has 1 N–H and O–H groups in total. The number of nitrogens with zero attached hydrogens (tertiary/aromatic N) is 2. The molecule has 2 fully saturated rings. The van der Waals surface area contributed by atoms with Crippen molar-refractivity contribution in [2.45, 2.75) is 49.8 Å². The van der Waals surface area contributed by atoms with Crippen LogP contribution >= 0.6 is 0 Å². The number of hydrogen-bond acceptors (Lipinski definition) is 4. The average molecular weight is 406 g/mol. The Labute approximate surface area is 168 Å². The number of fused-ring (bicyclic) bond motifs is 1. The van der Waals surface area contributed by atoms with Crippen molar-refractivity contribution < 1.29 is 13.2 Å². The van der Waals surface area contributed by atoms with Crippen molar-refractivity contribution in [2.24, 2.45) is 11.8 Å². The summed E-state index contributed by atoms with van der Waals surface area (Å²) < 4.78 is 27.8. The lowest BCUT2D eigenvalue weighted by atomic mass is 9.86. The van der Waals surface area contributed by atoms with E-state index < -0.39 is 10.0 Å². The fourth-order valence-corrected chi connectivity index (χ4v) is 6.42. The highest BCUT2D eigenvalue weighted by Crippen LogP contribution is 2.32. The minimum atomic E-state index is -3.45. The maximum absolute atomic E-state index is 13.1. The van der Waals surface area contributed by atoms with Crippen molar-refractivity contribution in [3.63, 3.8) is 0 Å². The van der Waals surface area contributed by atoms with E-state index in [1.54, 1.807) is 27.4 Å². The number of piperidine rings is 2. The van der Waals surface area contributed by atoms with E-state index in [9.17, 15) is 13.2 Å². The van der Waals surface area contributed by atoms with Gasteiger partial charge in [0, 0.05) is 25.3 Å². The van der Waals surface area contributed by atoms with Gasteiger partial charge < -0.3 is 10.2 Å². The van der Waals surface area contributed by atoms with Crippen LogP contribution in [0.25, 0.3) is 0 Å². The molecule has 0 atom stereocenters. The summed E-state index contributed by atoms with van der Waals surface area (Å²) in [6, 6.07) is 5.19. The molecule has 1 aromatic carbocycles. The second-order valence-corrected chi connectivity index (χ2v) is 10.4. The van der Waals surface area contributed by atoms with Gasteiger partial charge in [0.1, 0.15) is 0 Å². The van der Waals surface area contributed by atoms with Crippen LogP contribution in [0.3, 0.4) is 0 Å². The van der Waals surface area contributed by atoms with Gasteiger partial charge in [0.25, 0.3) is 0 Å². The first-order chi connectivity index (χ1) is 13.6. The Bertz CT molecular complexity index is 797. The zero-order chi connectivity index (χ0) is 19.6. The summed E-state index contributed by atoms with van der Waals surface area (Å²) in [6.07, 6.45) is 8.56. The first-order valence-electron chi connectivity index (χ1n) is 10.6. The van der Waals surface area contributed by atoms with Crippen molar-refractivity contribution in [3.05, 3.63) is 23.8 Å². The van der Waals surface area contributed by atoms with Gasteiger partial charge in [-0.3, -0.25) is 4.79 Å². The summed E-state index contributed by atoms with van der Waals surface area (Å²) in [5, 5.41) is 3.42. The Morgan fingerprint density at radius 1 is 1.00 bits per heavy atom. The molecule has 1 amide bonds. The summed E-state index contributed by atoms with van der Waals surface area (Å²) in [5.74, 6) is 1.50. The minimum Gasteiger partial charge on any atom is -0.317 e. The fraction of sp³-hybridized carbons (Fsp3) is 0.667. The standard InChI is InChI=1S/C21H31N3O3S/c25-16-23-12-9-19-15-20(3-4-21(19)23)28(26,27)24-13-7-18(8-14-24)2-1-17-5-10-22-11-6-17/h3-4,15-18,22H,1-2,5-14H2. The van der Waals surface area contributed by atoms with Crippen LogP contribution in [0, 0.1) is 11.8 Å². The van der Waals surface area contributed by atoms with Crippen molar-refractivity contribution in [2.75, 3.05) is 37.6 Å². The third kappa shape index (κ3) is 4.11. The van der Waals surface area contributed by atoms with Gasteiger partial charge in [0.15, 0.2) is 0 Å². The predicted octanol–water partition coefficient (Wildman–Crippen LogP) is 2.39. The molecule has 0 unspecified atom stereocenters. The molecule has 2 saturated heterocycles. The Hall–Kier alpha value is -1.44. The first kappa shape index (κ1) is 19.9. The molecule has 0 bridgehead atoms. The van der Waals surface area contributed by atoms with Crippen LogP contribution in [0.2, 0.25) is 0 Å². The van der Waals surface area contributed by atoms with Crippen LogP contribution in [0.4, 0.5) is 5.69 Å². The molecule has 3 aliphatic heterocycles. The van der Waals surface area contributed by atoms with E-state index in [1.165, 1.54) is 25.7 Å². The van der Waals surface area contributed by atoms with Gasteiger partial charge in [0.2, 0.25) is 16.4 Å². The number of hydrogen-bond donors (Lipinski definition) is 1. The third-order valence-corrected chi connectivity index (χ3v) is 8.66. The van der Waals surface area contributed by atoms with Gasteiger partial charge in [-0.2, -0.15) is 4.31 Å². The number of rotatable bonds is 6. The maximum atomic E-state index is 13.1. The fourth-order valence-electron chi connectivity index (χ4n) is 4.90. The molecule has 0 aromatic heterocycles. The number of carbonyl (C=O) groups excluding carboxylic acids is 1. The quantitative estimate of drug-likeness (QED) is 0.738. The van der Waals surface area contributed by atoms with Crippen molar-refractivity contribution in [1.29, 1.82) is 0 Å². The van der Waals surface area contributed by atoms with E-state index in [4.69, 9.17) is 0 Å². The number of nitrogens with one attached hydrogen (secondary N) is 1. The Morgan fingerprint density at radius 3 is 2.36 bits per heavy atom. The molecule has 28 heavy (non-hydrogen) atoms. The molecular formula is C21H31N3O3S. The summed E-state index contributed by atoms with van der Waals surface area (Å²) in [7, 11) is -3.45. The molecule has 1 aromatic rings. The van der Waals surface area contributed by atoms with Crippen LogP contribution in [0.15, 0.2) is 23.1 Å². The molecule has 154 valence electrons. The van der Waals surface area contributed by atoms with E-state index in [-0.39, 0.29) is 0 Å². The topological polar surface area (TPSA) is 69.7 Å². The van der Waals surface area contributed by atoms with Crippen LogP contribution in [-0.4, -0.2) is 51.9 Å². The monoisotopic (exact) mass is 405 g/mol. The van der Waals surface area contributed by atoms with Crippen LogP contribution in [-0.2, 0) is 21.2 Å². The zero-order valence-electron chi connectivity index (χ0n) is 16.5. The van der Waals surface area contributed by atoms with E-state index in [0.29, 0.717) is 30.4 Å². The van der Waals surface area contributed by atoms with Gasteiger partial charge in [-0.15, -0.1) is 0 Å². The maximum Gasteiger partial charge on any atom is 0.243 e. The van der Waals surface area contributed by atoms with Crippen molar-refractivity contribution in [1.82, 2.24) is 9.62 Å². The zero-order valence-corrected chi connectivity index (χ0v) is 17.3. The van der Waals surface area contributed by atoms with E-state index in [1.807, 2.05) is 0 Å². The lowest BCUT2D eigenvalue weighted by Gasteiger charge is -2.32. The highest BCUT2D eigenvalue weighted by Gasteiger charge is 2.31. The normalized spacial score (nSPS) is 22.4. The number of carbonyl (C=O) groups is 1.